The number of nitro groups is 1. The monoisotopic (exact) mass is 403 g/mol. The lowest BCUT2D eigenvalue weighted by atomic mass is 9.98. The molecule has 0 unspecified atom stereocenters. The van der Waals surface area contributed by atoms with Crippen molar-refractivity contribution in [2.24, 2.45) is 0 Å². The maximum absolute atomic E-state index is 12.9. The Labute approximate surface area is 166 Å². The van der Waals surface area contributed by atoms with Crippen LogP contribution in [0.1, 0.15) is 5.69 Å². The van der Waals surface area contributed by atoms with E-state index >= 15 is 0 Å². The Morgan fingerprint density at radius 2 is 2.17 bits per heavy atom. The average Bonchev–Trinajstić information content (AvgIpc) is 3.28. The number of nitrogens with one attached hydrogen (secondary N) is 2. The van der Waals surface area contributed by atoms with Gasteiger partial charge in [-0.15, -0.1) is 0 Å². The fourth-order valence-corrected chi connectivity index (χ4v) is 4.12. The minimum absolute atomic E-state index is 0.0221. The van der Waals surface area contributed by atoms with Crippen molar-refractivity contribution in [2.75, 3.05) is 7.11 Å². The first-order valence-corrected chi connectivity index (χ1v) is 9.10. The van der Waals surface area contributed by atoms with Crippen LogP contribution in [0.25, 0.3) is 38.7 Å². The van der Waals surface area contributed by atoms with E-state index in [9.17, 15) is 14.9 Å². The van der Waals surface area contributed by atoms with E-state index in [4.69, 9.17) is 9.47 Å². The SMILES string of the molecule is COc1ccc2nc3c4c(=O)[nH]c5c(c4[nH]n3c2c1)-c1cccc([N+](=O)[O-])c1OC5. The van der Waals surface area contributed by atoms with Crippen molar-refractivity contribution < 1.29 is 14.4 Å². The molecule has 2 N–H and O–H groups in total. The van der Waals surface area contributed by atoms with Crippen LogP contribution in [0.15, 0.2) is 41.2 Å². The predicted octanol–water partition coefficient (Wildman–Crippen LogP) is 3.13. The van der Waals surface area contributed by atoms with Gasteiger partial charge in [-0.3, -0.25) is 20.0 Å². The molecule has 0 atom stereocenters. The first kappa shape index (κ1) is 16.6. The van der Waals surface area contributed by atoms with Gasteiger partial charge in [0.2, 0.25) is 5.75 Å². The van der Waals surface area contributed by atoms with E-state index in [0.717, 1.165) is 5.52 Å². The van der Waals surface area contributed by atoms with Crippen molar-refractivity contribution in [3.63, 3.8) is 0 Å². The van der Waals surface area contributed by atoms with E-state index < -0.39 is 4.92 Å². The highest BCUT2D eigenvalue weighted by atomic mass is 16.6. The Bertz CT molecular complexity index is 1590. The molecule has 10 nitrogen and oxygen atoms in total. The van der Waals surface area contributed by atoms with Gasteiger partial charge in [0.15, 0.2) is 5.65 Å². The average molecular weight is 403 g/mol. The van der Waals surface area contributed by atoms with Gasteiger partial charge < -0.3 is 14.5 Å². The molecule has 4 heterocycles. The fraction of sp³-hybridized carbons (Fsp3) is 0.100. The van der Waals surface area contributed by atoms with Crippen molar-refractivity contribution in [3.8, 4) is 22.6 Å². The summed E-state index contributed by atoms with van der Waals surface area (Å²) in [5.41, 5.74) is 3.79. The largest absolute Gasteiger partial charge is 0.497 e. The second-order valence-corrected chi connectivity index (χ2v) is 6.99. The van der Waals surface area contributed by atoms with Crippen molar-refractivity contribution in [1.82, 2.24) is 19.6 Å². The fourth-order valence-electron chi connectivity index (χ4n) is 4.12. The molecule has 0 amide bonds. The van der Waals surface area contributed by atoms with Crippen LogP contribution < -0.4 is 15.0 Å². The summed E-state index contributed by atoms with van der Waals surface area (Å²) in [6.45, 7) is 0.0221. The summed E-state index contributed by atoms with van der Waals surface area (Å²) in [5, 5.41) is 15.1. The summed E-state index contributed by atoms with van der Waals surface area (Å²) in [7, 11) is 1.58. The maximum Gasteiger partial charge on any atom is 0.311 e. The molecule has 30 heavy (non-hydrogen) atoms. The molecule has 0 bridgehead atoms. The zero-order valence-corrected chi connectivity index (χ0v) is 15.6. The molecule has 0 spiro atoms. The number of pyridine rings is 1. The highest BCUT2D eigenvalue weighted by molar-refractivity contribution is 6.05. The highest BCUT2D eigenvalue weighted by Crippen LogP contribution is 2.45. The van der Waals surface area contributed by atoms with E-state index in [1.807, 2.05) is 12.1 Å². The van der Waals surface area contributed by atoms with Crippen LogP contribution >= 0.6 is 0 Å². The van der Waals surface area contributed by atoms with Crippen LogP contribution in [0.2, 0.25) is 0 Å². The van der Waals surface area contributed by atoms with E-state index in [2.05, 4.69) is 15.1 Å². The summed E-state index contributed by atoms with van der Waals surface area (Å²) in [6.07, 6.45) is 0. The van der Waals surface area contributed by atoms with Gasteiger partial charge in [0.05, 0.1) is 34.3 Å². The quantitative estimate of drug-likeness (QED) is 0.344. The number of benzene rings is 2. The summed E-state index contributed by atoms with van der Waals surface area (Å²) in [4.78, 5) is 31.3. The number of rotatable bonds is 2. The summed E-state index contributed by atoms with van der Waals surface area (Å²) >= 11 is 0. The zero-order valence-electron chi connectivity index (χ0n) is 15.6. The number of para-hydroxylation sites is 1. The smallest absolute Gasteiger partial charge is 0.311 e. The molecule has 0 aliphatic carbocycles. The van der Waals surface area contributed by atoms with E-state index in [1.54, 1.807) is 29.8 Å². The van der Waals surface area contributed by atoms with Crippen LogP contribution in [-0.2, 0) is 6.61 Å². The second kappa shape index (κ2) is 5.60. The zero-order chi connectivity index (χ0) is 20.6. The third-order valence-corrected chi connectivity index (χ3v) is 5.42. The number of nitrogens with zero attached hydrogens (tertiary/aromatic N) is 3. The summed E-state index contributed by atoms with van der Waals surface area (Å²) in [5.74, 6) is 0.843. The molecule has 148 valence electrons. The Balaban J connectivity index is 1.76. The number of imidazole rings is 1. The molecule has 2 aromatic carbocycles. The third-order valence-electron chi connectivity index (χ3n) is 5.42. The lowest BCUT2D eigenvalue weighted by molar-refractivity contribution is -0.385. The molecule has 0 fully saturated rings. The molecule has 3 aromatic heterocycles. The van der Waals surface area contributed by atoms with E-state index in [-0.39, 0.29) is 23.6 Å². The number of hydrogen-bond donors (Lipinski definition) is 2. The number of H-pyrrole nitrogens is 2. The van der Waals surface area contributed by atoms with Crippen molar-refractivity contribution in [2.45, 2.75) is 6.61 Å². The maximum atomic E-state index is 12.9. The summed E-state index contributed by atoms with van der Waals surface area (Å²) in [6, 6.07) is 10.2. The molecule has 1 aliphatic rings. The van der Waals surface area contributed by atoms with Crippen LogP contribution in [0.5, 0.6) is 11.5 Å². The van der Waals surface area contributed by atoms with Crippen molar-refractivity contribution in [3.05, 3.63) is 62.6 Å². The molecule has 1 aliphatic heterocycles. The minimum atomic E-state index is -0.478. The van der Waals surface area contributed by atoms with Crippen LogP contribution in [0.4, 0.5) is 5.69 Å². The Morgan fingerprint density at radius 1 is 1.30 bits per heavy atom. The number of aromatic nitrogens is 4. The lowest BCUT2D eigenvalue weighted by Gasteiger charge is -2.20. The number of ether oxygens (including phenoxy) is 2. The van der Waals surface area contributed by atoms with Crippen LogP contribution in [0.3, 0.4) is 0 Å². The highest BCUT2D eigenvalue weighted by Gasteiger charge is 2.30. The lowest BCUT2D eigenvalue weighted by Crippen LogP contribution is -2.16. The Hall–Kier alpha value is -4.34. The number of fused-ring (bicyclic) bond motifs is 9. The molecule has 6 rings (SSSR count). The molecule has 0 radical (unpaired) electrons. The standard InChI is InChI=1S/C20H13N5O5/c1-29-9-5-6-11-14(7-9)24-19(21-11)16-17(23-24)15-10-3-2-4-13(25(27)28)18(10)30-8-12(15)22-20(16)26/h2-7,23H,8H2,1H3,(H,22,26). The third kappa shape index (κ3) is 2.01. The van der Waals surface area contributed by atoms with Gasteiger partial charge >= 0.3 is 5.69 Å². The number of methoxy groups -OCH3 is 1. The van der Waals surface area contributed by atoms with Crippen LogP contribution in [-0.4, -0.2) is 31.6 Å². The molecule has 0 saturated carbocycles. The van der Waals surface area contributed by atoms with Crippen molar-refractivity contribution >= 4 is 33.3 Å². The summed E-state index contributed by atoms with van der Waals surface area (Å²) < 4.78 is 12.7. The molecule has 5 aromatic rings. The molecular weight excluding hydrogens is 390 g/mol. The van der Waals surface area contributed by atoms with Gasteiger partial charge in [0.1, 0.15) is 17.7 Å². The van der Waals surface area contributed by atoms with Gasteiger partial charge in [-0.2, -0.15) is 0 Å². The predicted molar refractivity (Wildman–Crippen MR) is 108 cm³/mol. The van der Waals surface area contributed by atoms with Gasteiger partial charge in [0.25, 0.3) is 5.56 Å². The molecular formula is C20H13N5O5. The normalized spacial score (nSPS) is 12.7. The molecule has 10 heteroatoms. The van der Waals surface area contributed by atoms with Gasteiger partial charge in [-0.05, 0) is 18.2 Å². The second-order valence-electron chi connectivity index (χ2n) is 6.99. The van der Waals surface area contributed by atoms with Gasteiger partial charge in [-0.25, -0.2) is 9.50 Å². The first-order valence-electron chi connectivity index (χ1n) is 9.10. The number of aromatic amines is 2. The molecule has 0 saturated heterocycles. The number of nitro benzene ring substituents is 1. The number of hydrogen-bond acceptors (Lipinski definition) is 6. The van der Waals surface area contributed by atoms with Crippen molar-refractivity contribution in [1.29, 1.82) is 0 Å². The van der Waals surface area contributed by atoms with E-state index in [1.165, 1.54) is 6.07 Å². The van der Waals surface area contributed by atoms with Gasteiger partial charge in [0, 0.05) is 23.3 Å². The first-order chi connectivity index (χ1) is 14.6. The van der Waals surface area contributed by atoms with Crippen LogP contribution in [0, 0.1) is 10.1 Å². The van der Waals surface area contributed by atoms with Gasteiger partial charge in [-0.1, -0.05) is 6.07 Å². The Morgan fingerprint density at radius 3 is 2.97 bits per heavy atom. The topological polar surface area (TPSA) is 128 Å². The minimum Gasteiger partial charge on any atom is -0.497 e. The van der Waals surface area contributed by atoms with E-state index in [0.29, 0.717) is 44.6 Å². The Kier molecular flexibility index (Phi) is 3.10.